The van der Waals surface area contributed by atoms with Gasteiger partial charge in [-0.1, -0.05) is 55.6 Å². The van der Waals surface area contributed by atoms with E-state index in [9.17, 15) is 0 Å². The third kappa shape index (κ3) is 5.16. The van der Waals surface area contributed by atoms with Gasteiger partial charge in [-0.25, -0.2) is 0 Å². The van der Waals surface area contributed by atoms with Crippen LogP contribution in [-0.2, 0) is 9.47 Å². The molecule has 1 aromatic rings. The van der Waals surface area contributed by atoms with Gasteiger partial charge in [0, 0.05) is 6.61 Å². The zero-order chi connectivity index (χ0) is 14.8. The number of hydrogen-bond donors (Lipinski definition) is 0. The fourth-order valence-electron chi connectivity index (χ4n) is 1.88. The molecular formula is C18H24O2. The second-order valence-corrected chi connectivity index (χ2v) is 4.47. The van der Waals surface area contributed by atoms with Crippen molar-refractivity contribution in [2.24, 2.45) is 0 Å². The van der Waals surface area contributed by atoms with E-state index < -0.39 is 6.29 Å². The smallest absolute Gasteiger partial charge is 0.183 e. The maximum atomic E-state index is 6.09. The molecule has 1 rings (SSSR count). The normalized spacial score (nSPS) is 13.4. The molecule has 20 heavy (non-hydrogen) atoms. The van der Waals surface area contributed by atoms with Crippen LogP contribution in [-0.4, -0.2) is 12.9 Å². The van der Waals surface area contributed by atoms with Crippen LogP contribution in [0.25, 0.3) is 0 Å². The molecule has 0 N–H and O–H groups in total. The highest BCUT2D eigenvalue weighted by Crippen LogP contribution is 2.26. The van der Waals surface area contributed by atoms with Gasteiger partial charge in [-0.3, -0.25) is 0 Å². The topological polar surface area (TPSA) is 18.5 Å². The van der Waals surface area contributed by atoms with Crippen molar-refractivity contribution < 1.29 is 9.47 Å². The van der Waals surface area contributed by atoms with E-state index in [4.69, 9.17) is 9.47 Å². The molecule has 108 valence electrons. The second-order valence-electron chi connectivity index (χ2n) is 4.47. The van der Waals surface area contributed by atoms with Crippen molar-refractivity contribution in [2.45, 2.75) is 32.2 Å². The second kappa shape index (κ2) is 9.29. The van der Waals surface area contributed by atoms with Crippen LogP contribution < -0.4 is 0 Å². The Kier molecular flexibility index (Phi) is 7.63. The molecule has 0 aliphatic rings. The average molecular weight is 272 g/mol. The van der Waals surface area contributed by atoms with Crippen LogP contribution in [0.2, 0.25) is 0 Å². The molecule has 0 saturated carbocycles. The first-order chi connectivity index (χ1) is 9.72. The minimum atomic E-state index is -0.451. The lowest BCUT2D eigenvalue weighted by atomic mass is 10.0. The molecule has 2 nitrogen and oxygen atoms in total. The molecule has 0 aromatic heterocycles. The lowest BCUT2D eigenvalue weighted by Gasteiger charge is -2.25. The van der Waals surface area contributed by atoms with Gasteiger partial charge in [0.25, 0.3) is 0 Å². The summed E-state index contributed by atoms with van der Waals surface area (Å²) in [6, 6.07) is 10.1. The van der Waals surface area contributed by atoms with Crippen LogP contribution in [0.4, 0.5) is 0 Å². The summed E-state index contributed by atoms with van der Waals surface area (Å²) < 4.78 is 11.7. The van der Waals surface area contributed by atoms with Crippen LogP contribution in [0.15, 0.2) is 67.8 Å². The fourth-order valence-corrected chi connectivity index (χ4v) is 1.88. The van der Waals surface area contributed by atoms with E-state index in [1.54, 1.807) is 6.08 Å². The number of ether oxygens (including phenoxy) is 2. The third-order valence-electron chi connectivity index (χ3n) is 2.98. The summed E-state index contributed by atoms with van der Waals surface area (Å²) in [7, 11) is 0. The Labute approximate surface area is 122 Å². The molecular weight excluding hydrogens is 248 g/mol. The molecule has 1 aromatic carbocycles. The van der Waals surface area contributed by atoms with Crippen molar-refractivity contribution in [1.29, 1.82) is 0 Å². The predicted octanol–water partition coefficient (Wildman–Crippen LogP) is 4.82. The van der Waals surface area contributed by atoms with Crippen molar-refractivity contribution in [1.82, 2.24) is 0 Å². The third-order valence-corrected chi connectivity index (χ3v) is 2.98. The molecule has 0 fully saturated rings. The molecule has 0 saturated heterocycles. The maximum absolute atomic E-state index is 6.09. The van der Waals surface area contributed by atoms with Gasteiger partial charge in [0.05, 0.1) is 6.10 Å². The van der Waals surface area contributed by atoms with Gasteiger partial charge in [0.2, 0.25) is 0 Å². The molecule has 0 aliphatic carbocycles. The van der Waals surface area contributed by atoms with E-state index in [0.717, 1.165) is 24.0 Å². The predicted molar refractivity (Wildman–Crippen MR) is 84.5 cm³/mol. The van der Waals surface area contributed by atoms with Crippen LogP contribution in [0.5, 0.6) is 0 Å². The SMILES string of the molecule is C=CCC[C@H](O[C@@H](OCC)C(=C)C=C)c1ccccc1. The molecule has 2 heteroatoms. The Bertz CT molecular complexity index is 422. The number of allylic oxidation sites excluding steroid dienone is 1. The average Bonchev–Trinajstić information content (AvgIpc) is 2.50. The van der Waals surface area contributed by atoms with Gasteiger partial charge in [-0.15, -0.1) is 6.58 Å². The Hall–Kier alpha value is -1.64. The molecule has 2 atom stereocenters. The summed E-state index contributed by atoms with van der Waals surface area (Å²) in [4.78, 5) is 0. The minimum absolute atomic E-state index is 0.0394. The summed E-state index contributed by atoms with van der Waals surface area (Å²) in [6.45, 7) is 13.9. The summed E-state index contributed by atoms with van der Waals surface area (Å²) >= 11 is 0. The van der Waals surface area contributed by atoms with Gasteiger partial charge >= 0.3 is 0 Å². The van der Waals surface area contributed by atoms with Crippen molar-refractivity contribution in [2.75, 3.05) is 6.61 Å². The standard InChI is InChI=1S/C18H24O2/c1-5-8-14-17(16-12-10-9-11-13-16)20-18(19-7-3)15(4)6-2/h5-6,9-13,17-18H,1-2,4,7-8,14H2,3H3/t17-,18+/m0/s1. The van der Waals surface area contributed by atoms with Gasteiger partial charge in [-0.05, 0) is 30.9 Å². The van der Waals surface area contributed by atoms with Gasteiger partial charge < -0.3 is 9.47 Å². The highest BCUT2D eigenvalue weighted by molar-refractivity contribution is 5.19. The zero-order valence-electron chi connectivity index (χ0n) is 12.3. The molecule has 0 spiro atoms. The first kappa shape index (κ1) is 16.4. The fraction of sp³-hybridized carbons (Fsp3) is 0.333. The van der Waals surface area contributed by atoms with Crippen molar-refractivity contribution in [3.63, 3.8) is 0 Å². The van der Waals surface area contributed by atoms with Crippen molar-refractivity contribution >= 4 is 0 Å². The van der Waals surface area contributed by atoms with Gasteiger partial charge in [-0.2, -0.15) is 0 Å². The van der Waals surface area contributed by atoms with Crippen molar-refractivity contribution in [3.05, 3.63) is 73.4 Å². The maximum Gasteiger partial charge on any atom is 0.183 e. The summed E-state index contributed by atoms with van der Waals surface area (Å²) in [5.74, 6) is 0. The van der Waals surface area contributed by atoms with Gasteiger partial charge in [0.1, 0.15) is 0 Å². The van der Waals surface area contributed by atoms with Crippen LogP contribution in [0.3, 0.4) is 0 Å². The van der Waals surface area contributed by atoms with Crippen molar-refractivity contribution in [3.8, 4) is 0 Å². The molecule has 0 radical (unpaired) electrons. The van der Waals surface area contributed by atoms with Crippen LogP contribution in [0, 0.1) is 0 Å². The van der Waals surface area contributed by atoms with Gasteiger partial charge in [0.15, 0.2) is 6.29 Å². The summed E-state index contributed by atoms with van der Waals surface area (Å²) in [5.41, 5.74) is 1.88. The number of rotatable bonds is 10. The van der Waals surface area contributed by atoms with E-state index in [0.29, 0.717) is 6.61 Å². The number of benzene rings is 1. The lowest BCUT2D eigenvalue weighted by Crippen LogP contribution is -2.21. The highest BCUT2D eigenvalue weighted by Gasteiger charge is 2.19. The Balaban J connectivity index is 2.84. The monoisotopic (exact) mass is 272 g/mol. The molecule has 0 bridgehead atoms. The van der Waals surface area contributed by atoms with E-state index in [1.165, 1.54) is 0 Å². The van der Waals surface area contributed by atoms with Crippen LogP contribution in [0.1, 0.15) is 31.4 Å². The Morgan fingerprint density at radius 1 is 1.25 bits per heavy atom. The summed E-state index contributed by atoms with van der Waals surface area (Å²) in [6.07, 6.45) is 4.84. The van der Waals surface area contributed by atoms with E-state index >= 15 is 0 Å². The molecule has 0 unspecified atom stereocenters. The van der Waals surface area contributed by atoms with E-state index in [2.05, 4.69) is 31.9 Å². The highest BCUT2D eigenvalue weighted by atomic mass is 16.7. The van der Waals surface area contributed by atoms with E-state index in [-0.39, 0.29) is 6.10 Å². The summed E-state index contributed by atoms with van der Waals surface area (Å²) in [5, 5.41) is 0. The first-order valence-corrected chi connectivity index (χ1v) is 6.97. The van der Waals surface area contributed by atoms with Crippen LogP contribution >= 0.6 is 0 Å². The molecule has 0 aliphatic heterocycles. The minimum Gasteiger partial charge on any atom is -0.349 e. The lowest BCUT2D eigenvalue weighted by molar-refractivity contribution is -0.147. The molecule has 0 heterocycles. The Morgan fingerprint density at radius 2 is 1.95 bits per heavy atom. The first-order valence-electron chi connectivity index (χ1n) is 6.97. The largest absolute Gasteiger partial charge is 0.349 e. The van der Waals surface area contributed by atoms with E-state index in [1.807, 2.05) is 31.2 Å². The zero-order valence-corrected chi connectivity index (χ0v) is 12.3. The molecule has 0 amide bonds. The number of hydrogen-bond acceptors (Lipinski definition) is 2. The quantitative estimate of drug-likeness (QED) is 0.345. The Morgan fingerprint density at radius 3 is 2.50 bits per heavy atom.